The summed E-state index contributed by atoms with van der Waals surface area (Å²) in [6.45, 7) is 0. The molecule has 0 radical (unpaired) electrons. The zero-order chi connectivity index (χ0) is 36.8. The SMILES string of the molecule is c1ccc(-c2nc(-c3ccc4c(c3)sc3ccccc34)nc(-c3ccccc3-c3cccc4c3C3(c5ccccc5-c5ccccc53)c3ccccc3-4)n2)cc1. The first kappa shape index (κ1) is 31.4. The number of fused-ring (bicyclic) bond motifs is 13. The molecule has 0 N–H and O–H groups in total. The van der Waals surface area contributed by atoms with Crippen molar-refractivity contribution in [3.05, 3.63) is 210 Å². The molecule has 0 unspecified atom stereocenters. The summed E-state index contributed by atoms with van der Waals surface area (Å²) in [6.07, 6.45) is 0. The molecule has 0 aliphatic heterocycles. The normalized spacial score (nSPS) is 13.1. The van der Waals surface area contributed by atoms with E-state index < -0.39 is 5.41 Å². The van der Waals surface area contributed by atoms with Crippen molar-refractivity contribution in [1.29, 1.82) is 0 Å². The topological polar surface area (TPSA) is 38.7 Å². The van der Waals surface area contributed by atoms with Crippen LogP contribution in [0.4, 0.5) is 0 Å². The van der Waals surface area contributed by atoms with E-state index in [0.717, 1.165) is 22.3 Å². The van der Waals surface area contributed by atoms with Gasteiger partial charge in [-0.05, 0) is 67.8 Å². The summed E-state index contributed by atoms with van der Waals surface area (Å²) in [5.74, 6) is 1.96. The first-order valence-electron chi connectivity index (χ1n) is 19.0. The number of benzene rings is 8. The second kappa shape index (κ2) is 12.0. The van der Waals surface area contributed by atoms with Gasteiger partial charge in [0.2, 0.25) is 0 Å². The minimum absolute atomic E-state index is 0.484. The molecule has 2 heterocycles. The van der Waals surface area contributed by atoms with Crippen LogP contribution in [0.15, 0.2) is 188 Å². The summed E-state index contributed by atoms with van der Waals surface area (Å²) in [5.41, 5.74) is 15.1. The van der Waals surface area contributed by atoms with E-state index in [1.807, 2.05) is 18.2 Å². The Balaban J connectivity index is 1.11. The Hall–Kier alpha value is -7.01. The minimum atomic E-state index is -0.484. The van der Waals surface area contributed by atoms with E-state index in [9.17, 15) is 0 Å². The molecule has 2 aliphatic carbocycles. The number of thiophene rings is 1. The third-order valence-electron chi connectivity index (χ3n) is 11.8. The molecule has 4 heteroatoms. The fraction of sp³-hybridized carbons (Fsp3) is 0.0192. The third-order valence-corrected chi connectivity index (χ3v) is 12.9. The zero-order valence-corrected chi connectivity index (χ0v) is 31.0. The van der Waals surface area contributed by atoms with E-state index in [1.54, 1.807) is 11.3 Å². The van der Waals surface area contributed by atoms with Gasteiger partial charge >= 0.3 is 0 Å². The highest BCUT2D eigenvalue weighted by molar-refractivity contribution is 7.25. The predicted molar refractivity (Wildman–Crippen MR) is 231 cm³/mol. The van der Waals surface area contributed by atoms with Crippen LogP contribution in [0.2, 0.25) is 0 Å². The van der Waals surface area contributed by atoms with Crippen LogP contribution >= 0.6 is 11.3 Å². The van der Waals surface area contributed by atoms with Gasteiger partial charge in [0.25, 0.3) is 0 Å². The average Bonchev–Trinajstić information content (AvgIpc) is 3.90. The molecule has 2 aromatic heterocycles. The Morgan fingerprint density at radius 3 is 1.50 bits per heavy atom. The molecule has 0 atom stereocenters. The van der Waals surface area contributed by atoms with Gasteiger partial charge in [-0.3, -0.25) is 0 Å². The van der Waals surface area contributed by atoms with Gasteiger partial charge < -0.3 is 0 Å². The van der Waals surface area contributed by atoms with Gasteiger partial charge in [-0.25, -0.2) is 15.0 Å². The van der Waals surface area contributed by atoms with Crippen LogP contribution in [0.1, 0.15) is 22.3 Å². The van der Waals surface area contributed by atoms with Crippen LogP contribution in [0.25, 0.3) is 87.7 Å². The summed E-state index contributed by atoms with van der Waals surface area (Å²) < 4.78 is 2.49. The molecule has 0 bridgehead atoms. The molecular formula is C52H31N3S. The first-order chi connectivity index (χ1) is 27.8. The van der Waals surface area contributed by atoms with Gasteiger partial charge in [0, 0.05) is 36.9 Å². The number of nitrogens with zero attached hydrogens (tertiary/aromatic N) is 3. The molecular weight excluding hydrogens is 699 g/mol. The fourth-order valence-corrected chi connectivity index (χ4v) is 10.6. The first-order valence-corrected chi connectivity index (χ1v) is 19.8. The van der Waals surface area contributed by atoms with Gasteiger partial charge in [-0.1, -0.05) is 176 Å². The van der Waals surface area contributed by atoms with Gasteiger partial charge in [0.1, 0.15) is 0 Å². The van der Waals surface area contributed by atoms with Crippen LogP contribution in [0, 0.1) is 0 Å². The maximum absolute atomic E-state index is 5.32. The van der Waals surface area contributed by atoms with Crippen molar-refractivity contribution in [2.24, 2.45) is 0 Å². The Morgan fingerprint density at radius 1 is 0.321 bits per heavy atom. The second-order valence-corrected chi connectivity index (χ2v) is 15.7. The van der Waals surface area contributed by atoms with E-state index >= 15 is 0 Å². The standard InChI is InChI=1S/C52H31N3S/c1-2-15-32(16-3-1)49-53-50(33-29-30-39-38-21-9-13-28-46(38)56-47(39)31-33)55-51(54-49)42-22-5-4-17-34(42)40-23-14-24-41-37-20-8-12-27-45(37)52(48(40)41)43-25-10-6-18-35(43)36-19-7-11-26-44(36)52/h1-31H. The van der Waals surface area contributed by atoms with Crippen LogP contribution < -0.4 is 0 Å². The second-order valence-electron chi connectivity index (χ2n) is 14.6. The van der Waals surface area contributed by atoms with Crippen molar-refractivity contribution in [3.63, 3.8) is 0 Å². The molecule has 8 aromatic carbocycles. The highest BCUT2D eigenvalue weighted by Gasteiger charge is 2.52. The van der Waals surface area contributed by atoms with Gasteiger partial charge in [-0.2, -0.15) is 0 Å². The lowest BCUT2D eigenvalue weighted by Crippen LogP contribution is -2.26. The lowest BCUT2D eigenvalue weighted by Gasteiger charge is -2.32. The Kier molecular flexibility index (Phi) is 6.72. The van der Waals surface area contributed by atoms with E-state index in [2.05, 4.69) is 170 Å². The molecule has 1 spiro atoms. The molecule has 3 nitrogen and oxygen atoms in total. The van der Waals surface area contributed by atoms with Crippen molar-refractivity contribution < 1.29 is 0 Å². The quantitative estimate of drug-likeness (QED) is 0.181. The van der Waals surface area contributed by atoms with E-state index in [0.29, 0.717) is 17.5 Å². The minimum Gasteiger partial charge on any atom is -0.208 e. The van der Waals surface area contributed by atoms with E-state index in [4.69, 9.17) is 15.0 Å². The molecule has 12 rings (SSSR count). The largest absolute Gasteiger partial charge is 0.208 e. The maximum atomic E-state index is 5.32. The van der Waals surface area contributed by atoms with Gasteiger partial charge in [-0.15, -0.1) is 11.3 Å². The Morgan fingerprint density at radius 2 is 0.804 bits per heavy atom. The maximum Gasteiger partial charge on any atom is 0.164 e. The molecule has 10 aromatic rings. The van der Waals surface area contributed by atoms with Crippen molar-refractivity contribution in [2.45, 2.75) is 5.41 Å². The summed E-state index contributed by atoms with van der Waals surface area (Å²) >= 11 is 1.81. The smallest absolute Gasteiger partial charge is 0.164 e. The van der Waals surface area contributed by atoms with Gasteiger partial charge in [0.15, 0.2) is 17.5 Å². The molecule has 2 aliphatic rings. The van der Waals surface area contributed by atoms with Crippen LogP contribution in [0.5, 0.6) is 0 Å². The zero-order valence-electron chi connectivity index (χ0n) is 30.1. The lowest BCUT2D eigenvalue weighted by atomic mass is 9.68. The van der Waals surface area contributed by atoms with Crippen LogP contribution in [0.3, 0.4) is 0 Å². The third kappa shape index (κ3) is 4.36. The van der Waals surface area contributed by atoms with Crippen molar-refractivity contribution in [3.8, 4) is 67.5 Å². The van der Waals surface area contributed by atoms with Crippen molar-refractivity contribution in [1.82, 2.24) is 15.0 Å². The molecule has 56 heavy (non-hydrogen) atoms. The van der Waals surface area contributed by atoms with Crippen LogP contribution in [-0.4, -0.2) is 15.0 Å². The van der Waals surface area contributed by atoms with Crippen molar-refractivity contribution in [2.75, 3.05) is 0 Å². The number of aromatic nitrogens is 3. The molecule has 0 saturated carbocycles. The van der Waals surface area contributed by atoms with E-state index in [1.165, 1.54) is 70.2 Å². The van der Waals surface area contributed by atoms with Gasteiger partial charge in [0.05, 0.1) is 5.41 Å². The highest BCUT2D eigenvalue weighted by Crippen LogP contribution is 2.64. The number of hydrogen-bond acceptors (Lipinski definition) is 4. The molecule has 0 fully saturated rings. The van der Waals surface area contributed by atoms with Crippen molar-refractivity contribution >= 4 is 31.5 Å². The average molecular weight is 730 g/mol. The lowest BCUT2D eigenvalue weighted by molar-refractivity contribution is 0.796. The highest BCUT2D eigenvalue weighted by atomic mass is 32.1. The van der Waals surface area contributed by atoms with Crippen LogP contribution in [-0.2, 0) is 5.41 Å². The summed E-state index contributed by atoms with van der Waals surface area (Å²) in [5, 5.41) is 2.53. The monoisotopic (exact) mass is 729 g/mol. The predicted octanol–water partition coefficient (Wildman–Crippen LogP) is 13.3. The molecule has 0 saturated heterocycles. The number of rotatable bonds is 4. The molecule has 260 valence electrons. The Bertz CT molecular complexity index is 3150. The summed E-state index contributed by atoms with van der Waals surface area (Å²) in [7, 11) is 0. The molecule has 0 amide bonds. The summed E-state index contributed by atoms with van der Waals surface area (Å²) in [4.78, 5) is 15.7. The fourth-order valence-electron chi connectivity index (χ4n) is 9.50. The van der Waals surface area contributed by atoms with E-state index in [-0.39, 0.29) is 0 Å². The Labute approximate surface area is 328 Å². The summed E-state index contributed by atoms with van der Waals surface area (Å²) in [6, 6.07) is 67.9. The number of hydrogen-bond donors (Lipinski definition) is 0.